The number of nitrogens with zero attached hydrogens (tertiary/aromatic N) is 1. The summed E-state index contributed by atoms with van der Waals surface area (Å²) in [4.78, 5) is 23.0. The van der Waals surface area contributed by atoms with E-state index in [9.17, 15) is 14.3 Å². The van der Waals surface area contributed by atoms with E-state index in [0.29, 0.717) is 24.1 Å². The van der Waals surface area contributed by atoms with Crippen molar-refractivity contribution in [2.75, 3.05) is 54.1 Å². The molecule has 0 aromatic heterocycles. The smallest absolute Gasteiger partial charge is 0.457 e. The lowest BCUT2D eigenvalue weighted by Crippen LogP contribution is -2.37. The number of allylic oxidation sites excluding steroid dienone is 14. The molecule has 2 unspecified atom stereocenters. The Labute approximate surface area is 395 Å². The Morgan fingerprint density at radius 1 is 0.500 bits per heavy atom. The summed E-state index contributed by atoms with van der Waals surface area (Å²) in [5.41, 5.74) is 0. The fourth-order valence-corrected chi connectivity index (χ4v) is 7.47. The first-order chi connectivity index (χ1) is 31.1. The van der Waals surface area contributed by atoms with E-state index in [4.69, 9.17) is 18.5 Å². The van der Waals surface area contributed by atoms with Gasteiger partial charge >= 0.3 is 13.8 Å². The van der Waals surface area contributed by atoms with Crippen molar-refractivity contribution in [3.05, 3.63) is 85.1 Å². The number of quaternary nitrogens is 1. The maximum absolute atomic E-state index is 12.7. The van der Waals surface area contributed by atoms with Crippen LogP contribution in [0.5, 0.6) is 0 Å². The van der Waals surface area contributed by atoms with E-state index >= 15 is 0 Å². The molecule has 0 aliphatic rings. The van der Waals surface area contributed by atoms with Crippen LogP contribution in [0.15, 0.2) is 85.1 Å². The zero-order valence-corrected chi connectivity index (χ0v) is 42.9. The largest absolute Gasteiger partial charge is 0.472 e. The van der Waals surface area contributed by atoms with Crippen LogP contribution in [0.25, 0.3) is 0 Å². The van der Waals surface area contributed by atoms with Crippen LogP contribution in [0, 0.1) is 0 Å². The van der Waals surface area contributed by atoms with Crippen molar-refractivity contribution in [1.29, 1.82) is 0 Å². The van der Waals surface area contributed by atoms with Gasteiger partial charge < -0.3 is 18.9 Å². The Kier molecular flexibility index (Phi) is 45.5. The highest BCUT2D eigenvalue weighted by atomic mass is 31.2. The van der Waals surface area contributed by atoms with Gasteiger partial charge in [-0.1, -0.05) is 189 Å². The van der Waals surface area contributed by atoms with Crippen molar-refractivity contribution in [3.63, 3.8) is 0 Å². The highest BCUT2D eigenvalue weighted by Gasteiger charge is 2.26. The van der Waals surface area contributed by atoms with Gasteiger partial charge in [-0.25, -0.2) is 4.57 Å². The molecule has 0 aromatic rings. The first-order valence-electron chi connectivity index (χ1n) is 25.8. The lowest BCUT2D eigenvalue weighted by Gasteiger charge is -2.24. The van der Waals surface area contributed by atoms with Crippen LogP contribution in [0.3, 0.4) is 0 Å². The zero-order valence-electron chi connectivity index (χ0n) is 42.0. The molecule has 0 heterocycles. The molecule has 370 valence electrons. The summed E-state index contributed by atoms with van der Waals surface area (Å²) in [6.45, 7) is 5.46. The molecule has 8 nitrogen and oxygen atoms in total. The third kappa shape index (κ3) is 50.7. The maximum atomic E-state index is 12.7. The van der Waals surface area contributed by atoms with Crippen LogP contribution in [-0.4, -0.2) is 75.6 Å². The van der Waals surface area contributed by atoms with Crippen LogP contribution in [0.1, 0.15) is 200 Å². The molecule has 0 saturated heterocycles. The van der Waals surface area contributed by atoms with Crippen LogP contribution >= 0.6 is 7.82 Å². The van der Waals surface area contributed by atoms with Gasteiger partial charge in [-0.15, -0.1) is 0 Å². The minimum Gasteiger partial charge on any atom is -0.457 e. The number of unbranched alkanes of at least 4 members (excludes halogenated alkanes) is 19. The summed E-state index contributed by atoms with van der Waals surface area (Å²) in [5, 5.41) is 0. The molecule has 2 atom stereocenters. The molecule has 1 N–H and O–H groups in total. The highest BCUT2D eigenvalue weighted by molar-refractivity contribution is 7.47. The van der Waals surface area contributed by atoms with Crippen molar-refractivity contribution in [2.45, 2.75) is 206 Å². The van der Waals surface area contributed by atoms with E-state index in [0.717, 1.165) is 89.9 Å². The minimum absolute atomic E-state index is 0.0806. The predicted octanol–water partition coefficient (Wildman–Crippen LogP) is 16.0. The second kappa shape index (κ2) is 47.2. The number of rotatable bonds is 47. The SMILES string of the molecule is CC/C=C\C/C=C\C/C=C\C/C=C\C/C=C\C/C=C\CCCCCCCCCOCC(COP(=O)(O)OCC[N+](C)(C)C)OC(=O)CCCCCCC/C=C\CCCCCCCCC. The molecule has 0 radical (unpaired) electrons. The number of carbonyl (C=O) groups excluding carboxylic acids is 1. The standard InChI is InChI=1S/C55H98NO7P/c1-6-8-10-12-14-16-18-20-22-24-25-26-27-28-29-30-31-32-33-35-37-39-41-43-45-47-50-60-52-54(53-62-64(58,59)61-51-49-56(3,4)5)63-55(57)48-46-44-42-40-38-36-34-23-21-19-17-15-13-11-9-7-2/h8,10,14,16,20,22-23,25-26,28-29,31-32,34,54H,6-7,9,11-13,15,17-19,21,24,27,30,33,35-53H2,1-5H3/p+1/b10-8-,16-14-,22-20-,26-25-,29-28-,32-31-,34-23-. The molecule has 0 rings (SSSR count). The van der Waals surface area contributed by atoms with Gasteiger partial charge in [0.2, 0.25) is 0 Å². The van der Waals surface area contributed by atoms with Gasteiger partial charge in [-0.2, -0.15) is 0 Å². The number of esters is 1. The van der Waals surface area contributed by atoms with Crippen LogP contribution < -0.4 is 0 Å². The van der Waals surface area contributed by atoms with Crippen LogP contribution in [0.4, 0.5) is 0 Å². The Morgan fingerprint density at radius 2 is 0.906 bits per heavy atom. The third-order valence-corrected chi connectivity index (χ3v) is 11.7. The average molecular weight is 917 g/mol. The summed E-state index contributed by atoms with van der Waals surface area (Å²) in [6.07, 6.45) is 63.4. The van der Waals surface area contributed by atoms with E-state index in [2.05, 4.69) is 98.9 Å². The number of likely N-dealkylation sites (N-methyl/N-ethyl adjacent to an activating group) is 1. The lowest BCUT2D eigenvalue weighted by molar-refractivity contribution is -0.870. The first-order valence-corrected chi connectivity index (χ1v) is 27.3. The molecule has 0 amide bonds. The maximum Gasteiger partial charge on any atom is 0.472 e. The molecule has 0 aliphatic carbocycles. The predicted molar refractivity (Wildman–Crippen MR) is 275 cm³/mol. The normalized spacial score (nSPS) is 14.3. The summed E-state index contributed by atoms with van der Waals surface area (Å²) in [6, 6.07) is 0. The molecule has 9 heteroatoms. The van der Waals surface area contributed by atoms with Gasteiger partial charge in [0, 0.05) is 13.0 Å². The van der Waals surface area contributed by atoms with Gasteiger partial charge in [0.15, 0.2) is 0 Å². The molecule has 0 saturated carbocycles. The highest BCUT2D eigenvalue weighted by Crippen LogP contribution is 2.43. The molecule has 0 bridgehead atoms. The van der Waals surface area contributed by atoms with Crippen molar-refractivity contribution < 1.29 is 37.3 Å². The number of carbonyl (C=O) groups is 1. The Hall–Kier alpha value is -2.32. The van der Waals surface area contributed by atoms with Gasteiger partial charge in [0.1, 0.15) is 19.3 Å². The van der Waals surface area contributed by atoms with E-state index in [1.807, 2.05) is 21.1 Å². The monoisotopic (exact) mass is 917 g/mol. The Morgan fingerprint density at radius 3 is 1.38 bits per heavy atom. The number of hydrogen-bond acceptors (Lipinski definition) is 6. The third-order valence-electron chi connectivity index (χ3n) is 10.7. The van der Waals surface area contributed by atoms with Gasteiger partial charge in [0.05, 0.1) is 34.4 Å². The van der Waals surface area contributed by atoms with E-state index in [-0.39, 0.29) is 25.8 Å². The number of phosphoric acid groups is 1. The lowest BCUT2D eigenvalue weighted by atomic mass is 10.1. The molecule has 0 aromatic carbocycles. The van der Waals surface area contributed by atoms with Crippen molar-refractivity contribution >= 4 is 13.8 Å². The van der Waals surface area contributed by atoms with Gasteiger partial charge in [0.25, 0.3) is 0 Å². The second-order valence-corrected chi connectivity index (χ2v) is 19.6. The van der Waals surface area contributed by atoms with Crippen LogP contribution in [0.2, 0.25) is 0 Å². The Balaban J connectivity index is 4.18. The average Bonchev–Trinajstić information content (AvgIpc) is 3.25. The molecule has 64 heavy (non-hydrogen) atoms. The summed E-state index contributed by atoms with van der Waals surface area (Å²) in [5.74, 6) is -0.329. The molecule has 0 fully saturated rings. The van der Waals surface area contributed by atoms with E-state index in [1.54, 1.807) is 0 Å². The number of phosphoric ester groups is 1. The zero-order chi connectivity index (χ0) is 46.9. The molecule has 0 spiro atoms. The number of ether oxygens (including phenoxy) is 2. The summed E-state index contributed by atoms with van der Waals surface area (Å²) >= 11 is 0. The Bertz CT molecular complexity index is 1300. The molecule has 0 aliphatic heterocycles. The van der Waals surface area contributed by atoms with Crippen molar-refractivity contribution in [2.24, 2.45) is 0 Å². The van der Waals surface area contributed by atoms with Gasteiger partial charge in [-0.05, 0) is 89.9 Å². The molecular formula is C55H99NO7P+. The summed E-state index contributed by atoms with van der Waals surface area (Å²) < 4.78 is 35.1. The first kappa shape index (κ1) is 61.7. The quantitative estimate of drug-likeness (QED) is 0.0214. The van der Waals surface area contributed by atoms with Gasteiger partial charge in [-0.3, -0.25) is 13.8 Å². The summed E-state index contributed by atoms with van der Waals surface area (Å²) in [7, 11) is 1.64. The minimum atomic E-state index is -4.29. The van der Waals surface area contributed by atoms with Crippen molar-refractivity contribution in [1.82, 2.24) is 0 Å². The molecular weight excluding hydrogens is 818 g/mol. The van der Waals surface area contributed by atoms with E-state index in [1.165, 1.54) is 89.9 Å². The fourth-order valence-electron chi connectivity index (χ4n) is 6.73. The number of hydrogen-bond donors (Lipinski definition) is 1. The topological polar surface area (TPSA) is 91.3 Å². The fraction of sp³-hybridized carbons (Fsp3) is 0.727. The van der Waals surface area contributed by atoms with Crippen molar-refractivity contribution in [3.8, 4) is 0 Å². The van der Waals surface area contributed by atoms with Crippen LogP contribution in [-0.2, 0) is 27.9 Å². The second-order valence-electron chi connectivity index (χ2n) is 18.2. The van der Waals surface area contributed by atoms with E-state index < -0.39 is 13.9 Å².